The van der Waals surface area contributed by atoms with E-state index in [2.05, 4.69) is 22.9 Å². The Labute approximate surface area is 159 Å². The van der Waals surface area contributed by atoms with E-state index in [0.29, 0.717) is 49.9 Å². The standard InChI is InChI=1S/C19H28N4O4/c1-2-7-20-8-9-21-18(24)15-4-3-10-23(15)19(25)22-14-5-6-16-17(13-14)27-12-11-26-16/h5-6,13,15,20H,2-4,7-12H2,1H3,(H,21,24)(H,22,25)/t15-/m0/s1. The summed E-state index contributed by atoms with van der Waals surface area (Å²) in [6.07, 6.45) is 2.56. The van der Waals surface area contributed by atoms with Crippen LogP contribution in [-0.2, 0) is 4.79 Å². The zero-order chi connectivity index (χ0) is 19.1. The van der Waals surface area contributed by atoms with E-state index in [9.17, 15) is 9.59 Å². The Morgan fingerprint density at radius 2 is 1.96 bits per heavy atom. The lowest BCUT2D eigenvalue weighted by Gasteiger charge is -2.25. The number of benzene rings is 1. The number of ether oxygens (including phenoxy) is 2. The molecule has 3 amide bonds. The van der Waals surface area contributed by atoms with Gasteiger partial charge in [0.15, 0.2) is 11.5 Å². The van der Waals surface area contributed by atoms with Gasteiger partial charge in [-0.2, -0.15) is 0 Å². The van der Waals surface area contributed by atoms with Crippen molar-refractivity contribution < 1.29 is 19.1 Å². The van der Waals surface area contributed by atoms with Crippen LogP contribution in [0.15, 0.2) is 18.2 Å². The molecule has 2 heterocycles. The van der Waals surface area contributed by atoms with Crippen molar-refractivity contribution in [3.63, 3.8) is 0 Å². The fourth-order valence-corrected chi connectivity index (χ4v) is 3.29. The predicted octanol–water partition coefficient (Wildman–Crippen LogP) is 1.57. The van der Waals surface area contributed by atoms with E-state index in [0.717, 1.165) is 25.9 Å². The fraction of sp³-hybridized carbons (Fsp3) is 0.579. The number of hydrogen-bond donors (Lipinski definition) is 3. The van der Waals surface area contributed by atoms with Gasteiger partial charge in [0.1, 0.15) is 19.3 Å². The Hall–Kier alpha value is -2.48. The molecular weight excluding hydrogens is 348 g/mol. The van der Waals surface area contributed by atoms with E-state index in [1.807, 2.05) is 0 Å². The highest BCUT2D eigenvalue weighted by Gasteiger charge is 2.34. The fourth-order valence-electron chi connectivity index (χ4n) is 3.29. The van der Waals surface area contributed by atoms with Crippen LogP contribution < -0.4 is 25.4 Å². The monoisotopic (exact) mass is 376 g/mol. The van der Waals surface area contributed by atoms with Crippen LogP contribution in [0.25, 0.3) is 0 Å². The summed E-state index contributed by atoms with van der Waals surface area (Å²) in [6, 6.07) is 4.61. The summed E-state index contributed by atoms with van der Waals surface area (Å²) in [7, 11) is 0. The second kappa shape index (κ2) is 9.45. The average molecular weight is 376 g/mol. The summed E-state index contributed by atoms with van der Waals surface area (Å²) < 4.78 is 11.0. The van der Waals surface area contributed by atoms with Crippen molar-refractivity contribution in [1.82, 2.24) is 15.5 Å². The SMILES string of the molecule is CCCNCCNC(=O)[C@@H]1CCCN1C(=O)Nc1ccc2c(c1)OCCO2. The molecule has 8 nitrogen and oxygen atoms in total. The van der Waals surface area contributed by atoms with Crippen molar-refractivity contribution in [2.45, 2.75) is 32.2 Å². The van der Waals surface area contributed by atoms with Gasteiger partial charge in [-0.3, -0.25) is 4.79 Å². The molecular formula is C19H28N4O4. The molecule has 1 atom stereocenters. The van der Waals surface area contributed by atoms with Gasteiger partial charge in [0.05, 0.1) is 0 Å². The summed E-state index contributed by atoms with van der Waals surface area (Å²) in [6.45, 7) is 5.92. The number of carbonyl (C=O) groups excluding carboxylic acids is 2. The van der Waals surface area contributed by atoms with Crippen molar-refractivity contribution in [1.29, 1.82) is 0 Å². The first kappa shape index (κ1) is 19.3. The molecule has 8 heteroatoms. The minimum absolute atomic E-state index is 0.0943. The minimum Gasteiger partial charge on any atom is -0.486 e. The zero-order valence-corrected chi connectivity index (χ0v) is 15.8. The third-order valence-corrected chi connectivity index (χ3v) is 4.64. The maximum Gasteiger partial charge on any atom is 0.322 e. The lowest BCUT2D eigenvalue weighted by molar-refractivity contribution is -0.124. The van der Waals surface area contributed by atoms with E-state index >= 15 is 0 Å². The first-order chi connectivity index (χ1) is 13.2. The van der Waals surface area contributed by atoms with Crippen molar-refractivity contribution in [2.24, 2.45) is 0 Å². The van der Waals surface area contributed by atoms with Gasteiger partial charge in [0.2, 0.25) is 5.91 Å². The molecule has 148 valence electrons. The quantitative estimate of drug-likeness (QED) is 0.629. The van der Waals surface area contributed by atoms with Crippen molar-refractivity contribution in [3.05, 3.63) is 18.2 Å². The Bertz CT molecular complexity index is 667. The molecule has 0 saturated carbocycles. The van der Waals surface area contributed by atoms with Gasteiger partial charge in [0.25, 0.3) is 0 Å². The highest BCUT2D eigenvalue weighted by Crippen LogP contribution is 2.32. The molecule has 0 bridgehead atoms. The van der Waals surface area contributed by atoms with Crippen molar-refractivity contribution in [3.8, 4) is 11.5 Å². The van der Waals surface area contributed by atoms with Crippen LogP contribution in [0.4, 0.5) is 10.5 Å². The number of urea groups is 1. The van der Waals surface area contributed by atoms with E-state index in [1.54, 1.807) is 23.1 Å². The molecule has 3 N–H and O–H groups in total. The minimum atomic E-state index is -0.423. The Kier molecular flexibility index (Phi) is 6.75. The van der Waals surface area contributed by atoms with Gasteiger partial charge in [-0.25, -0.2) is 4.79 Å². The molecule has 1 aromatic carbocycles. The van der Waals surface area contributed by atoms with Gasteiger partial charge < -0.3 is 30.3 Å². The van der Waals surface area contributed by atoms with Crippen LogP contribution in [0, 0.1) is 0 Å². The van der Waals surface area contributed by atoms with Crippen LogP contribution in [0.3, 0.4) is 0 Å². The molecule has 2 aliphatic heterocycles. The number of nitrogens with zero attached hydrogens (tertiary/aromatic N) is 1. The average Bonchev–Trinajstić information content (AvgIpc) is 3.18. The van der Waals surface area contributed by atoms with E-state index < -0.39 is 6.04 Å². The molecule has 0 unspecified atom stereocenters. The molecule has 0 aliphatic carbocycles. The van der Waals surface area contributed by atoms with E-state index in [4.69, 9.17) is 9.47 Å². The summed E-state index contributed by atoms with van der Waals surface area (Å²) in [5.74, 6) is 1.20. The Balaban J connectivity index is 1.53. The number of amides is 3. The predicted molar refractivity (Wildman–Crippen MR) is 102 cm³/mol. The Morgan fingerprint density at radius 3 is 2.78 bits per heavy atom. The summed E-state index contributed by atoms with van der Waals surface area (Å²) in [5.41, 5.74) is 0.624. The molecule has 27 heavy (non-hydrogen) atoms. The summed E-state index contributed by atoms with van der Waals surface area (Å²) >= 11 is 0. The molecule has 1 aromatic rings. The molecule has 3 rings (SSSR count). The van der Waals surface area contributed by atoms with Crippen LogP contribution in [-0.4, -0.2) is 62.3 Å². The lowest BCUT2D eigenvalue weighted by Crippen LogP contribution is -2.48. The maximum atomic E-state index is 12.7. The van der Waals surface area contributed by atoms with E-state index in [-0.39, 0.29) is 11.9 Å². The van der Waals surface area contributed by atoms with Gasteiger partial charge in [-0.15, -0.1) is 0 Å². The first-order valence-corrected chi connectivity index (χ1v) is 9.64. The summed E-state index contributed by atoms with van der Waals surface area (Å²) in [5, 5.41) is 9.02. The maximum absolute atomic E-state index is 12.7. The molecule has 0 radical (unpaired) electrons. The normalized spacial score (nSPS) is 18.3. The number of hydrogen-bond acceptors (Lipinski definition) is 5. The third kappa shape index (κ3) is 5.03. The number of likely N-dealkylation sites (tertiary alicyclic amines) is 1. The lowest BCUT2D eigenvalue weighted by atomic mass is 10.2. The molecule has 0 spiro atoms. The van der Waals surface area contributed by atoms with Gasteiger partial charge in [-0.1, -0.05) is 6.92 Å². The van der Waals surface area contributed by atoms with Crippen molar-refractivity contribution >= 4 is 17.6 Å². The number of anilines is 1. The van der Waals surface area contributed by atoms with Crippen LogP contribution in [0.1, 0.15) is 26.2 Å². The molecule has 0 aromatic heterocycles. The number of rotatable bonds is 7. The topological polar surface area (TPSA) is 91.9 Å². The highest BCUT2D eigenvalue weighted by atomic mass is 16.6. The Morgan fingerprint density at radius 1 is 1.15 bits per heavy atom. The second-order valence-corrected chi connectivity index (χ2v) is 6.68. The van der Waals surface area contributed by atoms with Crippen molar-refractivity contribution in [2.75, 3.05) is 44.7 Å². The number of carbonyl (C=O) groups is 2. The number of fused-ring (bicyclic) bond motifs is 1. The largest absolute Gasteiger partial charge is 0.486 e. The molecule has 1 saturated heterocycles. The van der Waals surface area contributed by atoms with Crippen LogP contribution in [0.2, 0.25) is 0 Å². The van der Waals surface area contributed by atoms with Gasteiger partial charge in [-0.05, 0) is 37.9 Å². The van der Waals surface area contributed by atoms with Gasteiger partial charge >= 0.3 is 6.03 Å². The highest BCUT2D eigenvalue weighted by molar-refractivity contribution is 5.94. The molecule has 2 aliphatic rings. The zero-order valence-electron chi connectivity index (χ0n) is 15.8. The van der Waals surface area contributed by atoms with Gasteiger partial charge in [0, 0.05) is 31.4 Å². The first-order valence-electron chi connectivity index (χ1n) is 9.64. The number of nitrogens with one attached hydrogen (secondary N) is 3. The van der Waals surface area contributed by atoms with Crippen LogP contribution in [0.5, 0.6) is 11.5 Å². The summed E-state index contributed by atoms with van der Waals surface area (Å²) in [4.78, 5) is 26.7. The van der Waals surface area contributed by atoms with E-state index in [1.165, 1.54) is 0 Å². The third-order valence-electron chi connectivity index (χ3n) is 4.64. The smallest absolute Gasteiger partial charge is 0.322 e. The second-order valence-electron chi connectivity index (χ2n) is 6.68. The molecule has 1 fully saturated rings. The van der Waals surface area contributed by atoms with Crippen LogP contribution >= 0.6 is 0 Å².